The van der Waals surface area contributed by atoms with Crippen molar-refractivity contribution in [3.05, 3.63) is 29.3 Å². The van der Waals surface area contributed by atoms with Crippen molar-refractivity contribution in [1.29, 1.82) is 0 Å². The Morgan fingerprint density at radius 1 is 1.17 bits per heavy atom. The van der Waals surface area contributed by atoms with Gasteiger partial charge in [0.15, 0.2) is 0 Å². The average molecular weight is 502 g/mol. The lowest BCUT2D eigenvalue weighted by molar-refractivity contribution is -0.153. The summed E-state index contributed by atoms with van der Waals surface area (Å²) in [6, 6.07) is 4.46. The first-order valence-electron chi connectivity index (χ1n) is 10.7. The number of hydrogen-bond acceptors (Lipinski definition) is 8. The van der Waals surface area contributed by atoms with E-state index in [-0.39, 0.29) is 49.3 Å². The summed E-state index contributed by atoms with van der Waals surface area (Å²) in [6.45, 7) is -0.698. The minimum absolute atomic E-state index is 0.00970. The standard InChI is InChI=1S/C21H26BF3N2O8/c1-27(2)17(29)8-9-18(30)33-12-34-20(31)14-6-3-5-13-11-15(22(32)35-19(13)14)26-16(28)7-4-10-21(23,24)25/h3,5-6,15,32H,4,7-12H2,1-2H3,(H,26,28)/t15-/m0/s1. The molecular formula is C21H26BF3N2O8. The summed E-state index contributed by atoms with van der Waals surface area (Å²) in [5, 5.41) is 12.7. The van der Waals surface area contributed by atoms with E-state index in [1.165, 1.54) is 17.0 Å². The molecule has 14 heteroatoms. The number of carbonyl (C=O) groups excluding carboxylic acids is 4. The minimum Gasteiger partial charge on any atom is -0.534 e. The Balaban J connectivity index is 1.88. The number of nitrogens with zero attached hydrogens (tertiary/aromatic N) is 1. The van der Waals surface area contributed by atoms with Crippen LogP contribution in [0.5, 0.6) is 5.75 Å². The summed E-state index contributed by atoms with van der Waals surface area (Å²) in [5.41, 5.74) is 0.389. The third kappa shape index (κ3) is 9.11. The highest BCUT2D eigenvalue weighted by Gasteiger charge is 2.38. The molecule has 0 unspecified atom stereocenters. The Morgan fingerprint density at radius 3 is 2.54 bits per heavy atom. The van der Waals surface area contributed by atoms with Gasteiger partial charge in [0.25, 0.3) is 0 Å². The molecule has 0 saturated heterocycles. The van der Waals surface area contributed by atoms with Gasteiger partial charge < -0.3 is 29.4 Å². The maximum Gasteiger partial charge on any atom is 0.547 e. The van der Waals surface area contributed by atoms with E-state index in [1.807, 2.05) is 0 Å². The maximum atomic E-state index is 12.4. The topological polar surface area (TPSA) is 131 Å². The summed E-state index contributed by atoms with van der Waals surface area (Å²) in [7, 11) is 1.53. The van der Waals surface area contributed by atoms with Gasteiger partial charge in [0.1, 0.15) is 11.3 Å². The normalized spacial score (nSPS) is 14.9. The first kappa shape index (κ1) is 28.0. The molecule has 0 spiro atoms. The number of carbonyl (C=O) groups is 4. The number of esters is 2. The molecule has 2 amide bonds. The van der Waals surface area contributed by atoms with Gasteiger partial charge in [-0.25, -0.2) is 4.79 Å². The maximum absolute atomic E-state index is 12.4. The summed E-state index contributed by atoms with van der Waals surface area (Å²) < 4.78 is 51.8. The van der Waals surface area contributed by atoms with Gasteiger partial charge in [0.2, 0.25) is 18.6 Å². The van der Waals surface area contributed by atoms with Gasteiger partial charge in [-0.15, -0.1) is 0 Å². The third-order valence-electron chi connectivity index (χ3n) is 5.00. The van der Waals surface area contributed by atoms with Crippen LogP contribution in [-0.2, 0) is 30.3 Å². The zero-order valence-electron chi connectivity index (χ0n) is 19.2. The molecule has 1 aliphatic heterocycles. The highest BCUT2D eigenvalue weighted by atomic mass is 19.4. The van der Waals surface area contributed by atoms with Crippen molar-refractivity contribution >= 4 is 30.9 Å². The Kier molecular flexibility index (Phi) is 9.93. The zero-order chi connectivity index (χ0) is 26.2. The largest absolute Gasteiger partial charge is 0.547 e. The van der Waals surface area contributed by atoms with Crippen LogP contribution in [0, 0.1) is 0 Å². The molecule has 0 aliphatic carbocycles. The molecule has 10 nitrogen and oxygen atoms in total. The van der Waals surface area contributed by atoms with Gasteiger partial charge >= 0.3 is 25.2 Å². The SMILES string of the molecule is CN(C)C(=O)CCC(=O)OCOC(=O)c1cccc2c1OB(O)[C@@H](NC(=O)CCCC(F)(F)F)C2. The van der Waals surface area contributed by atoms with Gasteiger partial charge in [0, 0.05) is 33.4 Å². The van der Waals surface area contributed by atoms with E-state index < -0.39 is 50.3 Å². The first-order chi connectivity index (χ1) is 16.4. The molecule has 2 N–H and O–H groups in total. The molecular weight excluding hydrogens is 476 g/mol. The van der Waals surface area contributed by atoms with Crippen molar-refractivity contribution in [2.75, 3.05) is 20.9 Å². The van der Waals surface area contributed by atoms with Crippen LogP contribution in [0.3, 0.4) is 0 Å². The molecule has 1 aliphatic rings. The fraction of sp³-hybridized carbons (Fsp3) is 0.524. The molecule has 0 saturated carbocycles. The Hall–Kier alpha value is -3.29. The average Bonchev–Trinajstić information content (AvgIpc) is 2.76. The van der Waals surface area contributed by atoms with Gasteiger partial charge in [-0.05, 0) is 24.5 Å². The van der Waals surface area contributed by atoms with E-state index >= 15 is 0 Å². The molecule has 1 aromatic carbocycles. The van der Waals surface area contributed by atoms with E-state index in [1.54, 1.807) is 20.2 Å². The number of halogens is 3. The van der Waals surface area contributed by atoms with Crippen molar-refractivity contribution in [1.82, 2.24) is 10.2 Å². The molecule has 0 radical (unpaired) electrons. The van der Waals surface area contributed by atoms with E-state index in [0.29, 0.717) is 5.56 Å². The van der Waals surface area contributed by atoms with Crippen LogP contribution >= 0.6 is 0 Å². The van der Waals surface area contributed by atoms with Crippen LogP contribution in [0.1, 0.15) is 48.0 Å². The molecule has 1 aromatic rings. The highest BCUT2D eigenvalue weighted by Crippen LogP contribution is 2.31. The molecule has 0 fully saturated rings. The molecule has 0 bridgehead atoms. The molecule has 35 heavy (non-hydrogen) atoms. The predicted octanol–water partition coefficient (Wildman–Crippen LogP) is 1.38. The van der Waals surface area contributed by atoms with Gasteiger partial charge in [-0.1, -0.05) is 12.1 Å². The number of para-hydroxylation sites is 1. The summed E-state index contributed by atoms with van der Waals surface area (Å²) in [5.74, 6) is -3.49. The molecule has 0 aromatic heterocycles. The molecule has 1 atom stereocenters. The fourth-order valence-electron chi connectivity index (χ4n) is 3.17. The predicted molar refractivity (Wildman–Crippen MR) is 115 cm³/mol. The van der Waals surface area contributed by atoms with Gasteiger partial charge in [-0.2, -0.15) is 13.2 Å². The Morgan fingerprint density at radius 2 is 1.89 bits per heavy atom. The highest BCUT2D eigenvalue weighted by molar-refractivity contribution is 6.47. The van der Waals surface area contributed by atoms with Crippen LogP contribution < -0.4 is 9.97 Å². The van der Waals surface area contributed by atoms with Crippen LogP contribution in [0.4, 0.5) is 13.2 Å². The quantitative estimate of drug-likeness (QED) is 0.279. The van der Waals surface area contributed by atoms with E-state index in [9.17, 15) is 37.4 Å². The number of rotatable bonds is 10. The van der Waals surface area contributed by atoms with Crippen molar-refractivity contribution in [3.63, 3.8) is 0 Å². The first-order valence-corrected chi connectivity index (χ1v) is 10.7. The number of ether oxygens (including phenoxy) is 2. The zero-order valence-corrected chi connectivity index (χ0v) is 19.2. The summed E-state index contributed by atoms with van der Waals surface area (Å²) in [4.78, 5) is 48.8. The molecule has 1 heterocycles. The number of nitrogens with one attached hydrogen (secondary N) is 1. The Labute approximate surface area is 199 Å². The number of amides is 2. The smallest absolute Gasteiger partial charge is 0.534 e. The summed E-state index contributed by atoms with van der Waals surface area (Å²) >= 11 is 0. The van der Waals surface area contributed by atoms with E-state index in [2.05, 4.69) is 5.32 Å². The second kappa shape index (κ2) is 12.4. The molecule has 2 rings (SSSR count). The second-order valence-electron chi connectivity index (χ2n) is 8.00. The lowest BCUT2D eigenvalue weighted by Crippen LogP contribution is -2.53. The lowest BCUT2D eigenvalue weighted by Gasteiger charge is -2.29. The molecule has 192 valence electrons. The van der Waals surface area contributed by atoms with Crippen LogP contribution in [-0.4, -0.2) is 73.8 Å². The second-order valence-corrected chi connectivity index (χ2v) is 8.00. The number of benzene rings is 1. The van der Waals surface area contributed by atoms with Crippen molar-refractivity contribution in [2.24, 2.45) is 0 Å². The van der Waals surface area contributed by atoms with Crippen molar-refractivity contribution in [3.8, 4) is 5.75 Å². The number of alkyl halides is 3. The van der Waals surface area contributed by atoms with Crippen LogP contribution in [0.15, 0.2) is 18.2 Å². The number of fused-ring (bicyclic) bond motifs is 1. The van der Waals surface area contributed by atoms with Crippen LogP contribution in [0.2, 0.25) is 0 Å². The van der Waals surface area contributed by atoms with Gasteiger partial charge in [-0.3, -0.25) is 14.4 Å². The number of hydrogen-bond donors (Lipinski definition) is 2. The van der Waals surface area contributed by atoms with Crippen molar-refractivity contribution < 1.29 is 51.5 Å². The minimum atomic E-state index is -4.36. The van der Waals surface area contributed by atoms with Gasteiger partial charge in [0.05, 0.1) is 12.4 Å². The van der Waals surface area contributed by atoms with E-state index in [0.717, 1.165) is 0 Å². The van der Waals surface area contributed by atoms with E-state index in [4.69, 9.17) is 14.1 Å². The lowest BCUT2D eigenvalue weighted by atomic mass is 9.72. The van der Waals surface area contributed by atoms with Crippen molar-refractivity contribution in [2.45, 2.75) is 50.6 Å². The summed E-state index contributed by atoms with van der Waals surface area (Å²) in [6.07, 6.45) is -6.40. The fourth-order valence-corrected chi connectivity index (χ4v) is 3.17. The monoisotopic (exact) mass is 502 g/mol. The third-order valence-corrected chi connectivity index (χ3v) is 5.00. The van der Waals surface area contributed by atoms with Crippen LogP contribution in [0.25, 0.3) is 0 Å². The Bertz CT molecular complexity index is 942.